The van der Waals surface area contributed by atoms with Crippen LogP contribution in [0, 0.1) is 31.6 Å². The third-order valence-corrected chi connectivity index (χ3v) is 5.50. The van der Waals surface area contributed by atoms with Crippen LogP contribution in [0.5, 0.6) is 0 Å². The van der Waals surface area contributed by atoms with E-state index in [1.54, 1.807) is 0 Å². The quantitative estimate of drug-likeness (QED) is 0.847. The maximum Gasteiger partial charge on any atom is 0.223 e. The number of aromatic nitrogens is 1. The molecule has 2 saturated carbocycles. The summed E-state index contributed by atoms with van der Waals surface area (Å²) in [7, 11) is 0. The van der Waals surface area contributed by atoms with E-state index < -0.39 is 0 Å². The summed E-state index contributed by atoms with van der Waals surface area (Å²) in [5.74, 6) is 3.00. The van der Waals surface area contributed by atoms with Crippen molar-refractivity contribution >= 4 is 5.91 Å². The smallest absolute Gasteiger partial charge is 0.223 e. The first kappa shape index (κ1) is 14.6. The van der Waals surface area contributed by atoms with E-state index in [9.17, 15) is 4.79 Å². The number of aryl methyl sites for hydroxylation is 2. The Morgan fingerprint density at radius 3 is 2.90 bits per heavy atom. The molecule has 0 unspecified atom stereocenters. The van der Waals surface area contributed by atoms with E-state index in [4.69, 9.17) is 4.52 Å². The lowest BCUT2D eigenvalue weighted by atomic mass is 9.91. The molecule has 1 N–H and O–H groups in total. The molecule has 3 atom stereocenters. The number of carbonyl (C=O) groups excluding carboxylic acids is 1. The van der Waals surface area contributed by atoms with Crippen LogP contribution in [-0.2, 0) is 11.2 Å². The van der Waals surface area contributed by atoms with E-state index in [1.165, 1.54) is 31.2 Å². The second kappa shape index (κ2) is 6.20. The lowest BCUT2D eigenvalue weighted by Gasteiger charge is -2.18. The van der Waals surface area contributed by atoms with Gasteiger partial charge in [-0.1, -0.05) is 18.0 Å². The summed E-state index contributed by atoms with van der Waals surface area (Å²) in [6, 6.07) is 0. The normalized spacial score (nSPS) is 27.8. The van der Waals surface area contributed by atoms with Gasteiger partial charge in [0.15, 0.2) is 0 Å². The van der Waals surface area contributed by atoms with E-state index in [-0.39, 0.29) is 5.92 Å². The van der Waals surface area contributed by atoms with Crippen molar-refractivity contribution in [2.24, 2.45) is 17.8 Å². The van der Waals surface area contributed by atoms with Crippen LogP contribution >= 0.6 is 0 Å². The van der Waals surface area contributed by atoms with Crippen LogP contribution in [0.2, 0.25) is 0 Å². The second-order valence-electron chi connectivity index (χ2n) is 6.74. The summed E-state index contributed by atoms with van der Waals surface area (Å²) in [4.78, 5) is 12.3. The Hall–Kier alpha value is -1.32. The third-order valence-electron chi connectivity index (χ3n) is 5.50. The van der Waals surface area contributed by atoms with Gasteiger partial charge in [0, 0.05) is 18.0 Å². The van der Waals surface area contributed by atoms with E-state index in [1.807, 2.05) is 13.8 Å². The highest BCUT2D eigenvalue weighted by atomic mass is 16.5. The Morgan fingerprint density at radius 2 is 2.14 bits per heavy atom. The number of hydrogen-bond acceptors (Lipinski definition) is 3. The highest BCUT2D eigenvalue weighted by Crippen LogP contribution is 2.47. The number of nitrogens with one attached hydrogen (secondary N) is 1. The Balaban J connectivity index is 1.42. The highest BCUT2D eigenvalue weighted by molar-refractivity contribution is 5.79. The fourth-order valence-corrected chi connectivity index (χ4v) is 4.35. The number of rotatable bonds is 5. The van der Waals surface area contributed by atoms with Crippen molar-refractivity contribution < 1.29 is 9.32 Å². The molecule has 1 aromatic rings. The van der Waals surface area contributed by atoms with Gasteiger partial charge in [0.1, 0.15) is 5.76 Å². The average Bonchev–Trinajstić information content (AvgIpc) is 3.13. The minimum atomic E-state index is 0.288. The molecule has 0 aliphatic heterocycles. The zero-order valence-electron chi connectivity index (χ0n) is 13.2. The molecule has 1 aromatic heterocycles. The number of amides is 1. The van der Waals surface area contributed by atoms with Gasteiger partial charge < -0.3 is 9.84 Å². The summed E-state index contributed by atoms with van der Waals surface area (Å²) in [5.41, 5.74) is 2.17. The monoisotopic (exact) mass is 290 g/mol. The summed E-state index contributed by atoms with van der Waals surface area (Å²) < 4.78 is 5.16. The molecule has 3 rings (SSSR count). The molecule has 0 bridgehead atoms. The number of nitrogens with zero attached hydrogens (tertiary/aromatic N) is 1. The third kappa shape index (κ3) is 2.99. The van der Waals surface area contributed by atoms with Crippen molar-refractivity contribution in [3.63, 3.8) is 0 Å². The lowest BCUT2D eigenvalue weighted by molar-refractivity contribution is -0.126. The van der Waals surface area contributed by atoms with Gasteiger partial charge in [-0.25, -0.2) is 0 Å². The fourth-order valence-electron chi connectivity index (χ4n) is 4.35. The van der Waals surface area contributed by atoms with Crippen molar-refractivity contribution in [2.75, 3.05) is 6.54 Å². The predicted octanol–water partition coefficient (Wildman–Crippen LogP) is 3.17. The van der Waals surface area contributed by atoms with Gasteiger partial charge in [0.25, 0.3) is 0 Å². The van der Waals surface area contributed by atoms with Crippen LogP contribution in [0.15, 0.2) is 4.52 Å². The van der Waals surface area contributed by atoms with Gasteiger partial charge in [-0.05, 0) is 57.8 Å². The van der Waals surface area contributed by atoms with Crippen LogP contribution in [-0.4, -0.2) is 17.6 Å². The molecule has 2 aliphatic rings. The zero-order valence-corrected chi connectivity index (χ0v) is 13.2. The first-order chi connectivity index (χ1) is 10.2. The minimum absolute atomic E-state index is 0.288. The Morgan fingerprint density at radius 1 is 1.29 bits per heavy atom. The SMILES string of the molecule is Cc1noc(C)c1CCCNC(=O)[C@H]1CC[C@@H]2CCC[C@@H]21. The van der Waals surface area contributed by atoms with E-state index in [0.717, 1.165) is 43.2 Å². The van der Waals surface area contributed by atoms with Crippen LogP contribution in [0.3, 0.4) is 0 Å². The first-order valence-corrected chi connectivity index (χ1v) is 8.36. The molecule has 21 heavy (non-hydrogen) atoms. The maximum atomic E-state index is 12.3. The topological polar surface area (TPSA) is 55.1 Å². The van der Waals surface area contributed by atoms with Gasteiger partial charge >= 0.3 is 0 Å². The van der Waals surface area contributed by atoms with Crippen LogP contribution in [0.4, 0.5) is 0 Å². The number of fused-ring (bicyclic) bond motifs is 1. The van der Waals surface area contributed by atoms with Crippen LogP contribution in [0.25, 0.3) is 0 Å². The van der Waals surface area contributed by atoms with Gasteiger partial charge in [0.2, 0.25) is 5.91 Å². The van der Waals surface area contributed by atoms with Crippen molar-refractivity contribution in [1.82, 2.24) is 10.5 Å². The number of carbonyl (C=O) groups is 1. The summed E-state index contributed by atoms with van der Waals surface area (Å²) in [6.07, 6.45) is 8.19. The first-order valence-electron chi connectivity index (χ1n) is 8.36. The Kier molecular flexibility index (Phi) is 4.32. The predicted molar refractivity (Wildman–Crippen MR) is 80.9 cm³/mol. The molecule has 1 heterocycles. The summed E-state index contributed by atoms with van der Waals surface area (Å²) in [5, 5.41) is 7.12. The van der Waals surface area contributed by atoms with Gasteiger partial charge in [0.05, 0.1) is 5.69 Å². The summed E-state index contributed by atoms with van der Waals surface area (Å²) >= 11 is 0. The zero-order chi connectivity index (χ0) is 14.8. The molecule has 4 heteroatoms. The molecule has 2 aliphatic carbocycles. The average molecular weight is 290 g/mol. The van der Waals surface area contributed by atoms with Gasteiger partial charge in [-0.2, -0.15) is 0 Å². The molecule has 1 amide bonds. The van der Waals surface area contributed by atoms with Crippen molar-refractivity contribution in [3.05, 3.63) is 17.0 Å². The van der Waals surface area contributed by atoms with Crippen LogP contribution in [0.1, 0.15) is 55.5 Å². The van der Waals surface area contributed by atoms with E-state index in [2.05, 4.69) is 10.5 Å². The second-order valence-corrected chi connectivity index (χ2v) is 6.74. The van der Waals surface area contributed by atoms with Crippen LogP contribution < -0.4 is 5.32 Å². The summed E-state index contributed by atoms with van der Waals surface area (Å²) in [6.45, 7) is 4.69. The molecule has 0 radical (unpaired) electrons. The number of hydrogen-bond donors (Lipinski definition) is 1. The molecule has 4 nitrogen and oxygen atoms in total. The molecule has 2 fully saturated rings. The van der Waals surface area contributed by atoms with Gasteiger partial charge in [-0.3, -0.25) is 4.79 Å². The standard InChI is InChI=1S/C17H26N2O2/c1-11-14(12(2)21-19-11)7-4-10-18-17(20)16-9-8-13-5-3-6-15(13)16/h13,15-16H,3-10H2,1-2H3,(H,18,20)/t13-,15-,16-/m0/s1. The molecule has 0 aromatic carbocycles. The largest absolute Gasteiger partial charge is 0.361 e. The molecular weight excluding hydrogens is 264 g/mol. The van der Waals surface area contributed by atoms with E-state index in [0.29, 0.717) is 11.8 Å². The molecule has 0 spiro atoms. The van der Waals surface area contributed by atoms with Gasteiger partial charge in [-0.15, -0.1) is 0 Å². The molecule has 116 valence electrons. The van der Waals surface area contributed by atoms with E-state index >= 15 is 0 Å². The van der Waals surface area contributed by atoms with Crippen molar-refractivity contribution in [1.29, 1.82) is 0 Å². The molecule has 0 saturated heterocycles. The molecular formula is C17H26N2O2. The minimum Gasteiger partial charge on any atom is -0.361 e. The highest BCUT2D eigenvalue weighted by Gasteiger charge is 2.42. The lowest BCUT2D eigenvalue weighted by Crippen LogP contribution is -2.33. The van der Waals surface area contributed by atoms with Crippen molar-refractivity contribution in [2.45, 2.75) is 58.8 Å². The fraction of sp³-hybridized carbons (Fsp3) is 0.765. The van der Waals surface area contributed by atoms with Crippen molar-refractivity contribution in [3.8, 4) is 0 Å². The Bertz CT molecular complexity index is 489. The maximum absolute atomic E-state index is 12.3. The Labute approximate surface area is 126 Å².